The second-order valence-corrected chi connectivity index (χ2v) is 2.87. The third-order valence-electron chi connectivity index (χ3n) is 1.73. The van der Waals surface area contributed by atoms with Crippen LogP contribution in [-0.2, 0) is 0 Å². The van der Waals surface area contributed by atoms with Gasteiger partial charge in [0, 0.05) is 11.5 Å². The van der Waals surface area contributed by atoms with Gasteiger partial charge in [-0.1, -0.05) is 11.6 Å². The van der Waals surface area contributed by atoms with Crippen molar-refractivity contribution in [3.8, 4) is 0 Å². The number of hydrogen-bond acceptors (Lipinski definition) is 3. The van der Waals surface area contributed by atoms with E-state index in [9.17, 15) is 10.1 Å². The van der Waals surface area contributed by atoms with Crippen LogP contribution in [-0.4, -0.2) is 15.1 Å². The summed E-state index contributed by atoms with van der Waals surface area (Å²) in [5, 5.41) is 17.7. The Morgan fingerprint density at radius 2 is 2.31 bits per heavy atom. The molecule has 2 rings (SSSR count). The first kappa shape index (κ1) is 8.00. The number of hydrogen-bond donors (Lipinski definition) is 1. The lowest BCUT2D eigenvalue weighted by molar-refractivity contribution is -0.384. The third kappa shape index (κ3) is 1.13. The van der Waals surface area contributed by atoms with Gasteiger partial charge in [0.1, 0.15) is 5.02 Å². The smallest absolute Gasteiger partial charge is 0.276 e. The van der Waals surface area contributed by atoms with Crippen LogP contribution in [0.2, 0.25) is 5.02 Å². The lowest BCUT2D eigenvalue weighted by Crippen LogP contribution is -1.88. The van der Waals surface area contributed by atoms with Crippen LogP contribution in [0.25, 0.3) is 10.9 Å². The van der Waals surface area contributed by atoms with Crippen LogP contribution in [0.4, 0.5) is 5.69 Å². The Kier molecular flexibility index (Phi) is 1.66. The molecule has 0 spiro atoms. The van der Waals surface area contributed by atoms with Crippen molar-refractivity contribution in [2.24, 2.45) is 0 Å². The zero-order chi connectivity index (χ0) is 9.42. The summed E-state index contributed by atoms with van der Waals surface area (Å²) in [5.41, 5.74) is 0.384. The molecule has 6 heteroatoms. The van der Waals surface area contributed by atoms with Crippen molar-refractivity contribution in [3.05, 3.63) is 33.5 Å². The fraction of sp³-hybridized carbons (Fsp3) is 0. The average Bonchev–Trinajstić information content (AvgIpc) is 2.52. The number of aromatic nitrogens is 2. The summed E-state index contributed by atoms with van der Waals surface area (Å²) in [7, 11) is 0. The second kappa shape index (κ2) is 2.70. The van der Waals surface area contributed by atoms with Gasteiger partial charge in [-0.2, -0.15) is 5.10 Å². The number of rotatable bonds is 1. The van der Waals surface area contributed by atoms with E-state index in [0.717, 1.165) is 5.39 Å². The first-order chi connectivity index (χ1) is 6.20. The molecule has 0 aliphatic carbocycles. The molecular weight excluding hydrogens is 194 g/mol. The lowest BCUT2D eigenvalue weighted by Gasteiger charge is -1.94. The van der Waals surface area contributed by atoms with Crippen LogP contribution in [0.15, 0.2) is 18.3 Å². The minimum atomic E-state index is -0.525. The van der Waals surface area contributed by atoms with Gasteiger partial charge >= 0.3 is 0 Å². The Balaban J connectivity index is 2.80. The standard InChI is InChI=1S/C7H4ClN3O2/c8-6-5(11(12)13)2-1-4-3-9-10-7(4)6/h1-3H,(H,9,10). The van der Waals surface area contributed by atoms with Crippen molar-refractivity contribution in [1.82, 2.24) is 10.2 Å². The minimum absolute atomic E-state index is 0.0972. The fourth-order valence-corrected chi connectivity index (χ4v) is 1.39. The highest BCUT2D eigenvalue weighted by atomic mass is 35.5. The molecule has 0 amide bonds. The molecule has 0 saturated heterocycles. The molecule has 0 fully saturated rings. The largest absolute Gasteiger partial charge is 0.290 e. The van der Waals surface area contributed by atoms with Crippen LogP contribution in [0.1, 0.15) is 0 Å². The Morgan fingerprint density at radius 3 is 3.00 bits per heavy atom. The van der Waals surface area contributed by atoms with Gasteiger partial charge in [-0.3, -0.25) is 15.2 Å². The van der Waals surface area contributed by atoms with Crippen LogP contribution < -0.4 is 0 Å². The molecule has 5 nitrogen and oxygen atoms in total. The van der Waals surface area contributed by atoms with Crippen LogP contribution in [0.3, 0.4) is 0 Å². The van der Waals surface area contributed by atoms with E-state index in [4.69, 9.17) is 11.6 Å². The monoisotopic (exact) mass is 197 g/mol. The highest BCUT2D eigenvalue weighted by Crippen LogP contribution is 2.30. The van der Waals surface area contributed by atoms with Gasteiger partial charge in [-0.15, -0.1) is 0 Å². The minimum Gasteiger partial charge on any atom is -0.276 e. The molecule has 2 aromatic rings. The Bertz CT molecular complexity index is 480. The van der Waals surface area contributed by atoms with Crippen molar-refractivity contribution in [2.45, 2.75) is 0 Å². The van der Waals surface area contributed by atoms with Crippen molar-refractivity contribution >= 4 is 28.2 Å². The number of halogens is 1. The molecular formula is C7H4ClN3O2. The number of nitro benzene ring substituents is 1. The molecule has 0 atom stereocenters. The van der Waals surface area contributed by atoms with E-state index in [1.165, 1.54) is 6.07 Å². The van der Waals surface area contributed by atoms with E-state index in [-0.39, 0.29) is 10.7 Å². The molecule has 0 saturated carbocycles. The SMILES string of the molecule is O=[N+]([O-])c1ccc2cn[nH]c2c1Cl. The molecule has 1 N–H and O–H groups in total. The van der Waals surface area contributed by atoms with Gasteiger partial charge in [0.05, 0.1) is 16.6 Å². The molecule has 0 aliphatic heterocycles. The number of nitrogens with zero attached hydrogens (tertiary/aromatic N) is 2. The summed E-state index contributed by atoms with van der Waals surface area (Å²) in [4.78, 5) is 9.95. The van der Waals surface area contributed by atoms with Gasteiger partial charge < -0.3 is 0 Å². The Hall–Kier alpha value is -1.62. The van der Waals surface area contributed by atoms with Crippen molar-refractivity contribution in [3.63, 3.8) is 0 Å². The number of fused-ring (bicyclic) bond motifs is 1. The van der Waals surface area contributed by atoms with E-state index in [0.29, 0.717) is 5.52 Å². The highest BCUT2D eigenvalue weighted by molar-refractivity contribution is 6.37. The van der Waals surface area contributed by atoms with Gasteiger partial charge in [0.2, 0.25) is 0 Å². The number of nitro groups is 1. The summed E-state index contributed by atoms with van der Waals surface area (Å²) >= 11 is 5.77. The van der Waals surface area contributed by atoms with Gasteiger partial charge in [-0.25, -0.2) is 0 Å². The molecule has 0 bridgehead atoms. The van der Waals surface area contributed by atoms with E-state index < -0.39 is 4.92 Å². The Labute approximate surface area is 77.5 Å². The molecule has 1 aromatic carbocycles. The molecule has 1 heterocycles. The van der Waals surface area contributed by atoms with Crippen LogP contribution >= 0.6 is 11.6 Å². The first-order valence-electron chi connectivity index (χ1n) is 3.46. The lowest BCUT2D eigenvalue weighted by atomic mass is 10.2. The predicted molar refractivity (Wildman–Crippen MR) is 47.8 cm³/mol. The van der Waals surface area contributed by atoms with E-state index >= 15 is 0 Å². The van der Waals surface area contributed by atoms with E-state index in [1.807, 2.05) is 0 Å². The summed E-state index contributed by atoms with van der Waals surface area (Å²) < 4.78 is 0. The average molecular weight is 198 g/mol. The molecule has 13 heavy (non-hydrogen) atoms. The Morgan fingerprint density at radius 1 is 1.54 bits per heavy atom. The number of benzene rings is 1. The maximum Gasteiger partial charge on any atom is 0.290 e. The zero-order valence-electron chi connectivity index (χ0n) is 6.32. The van der Waals surface area contributed by atoms with Gasteiger partial charge in [-0.05, 0) is 6.07 Å². The molecule has 0 aliphatic rings. The van der Waals surface area contributed by atoms with Gasteiger partial charge in [0.15, 0.2) is 0 Å². The van der Waals surface area contributed by atoms with Crippen LogP contribution in [0, 0.1) is 10.1 Å². The normalized spacial score (nSPS) is 10.5. The summed E-state index contributed by atoms with van der Waals surface area (Å²) in [6.07, 6.45) is 1.56. The molecule has 66 valence electrons. The second-order valence-electron chi connectivity index (χ2n) is 2.49. The highest BCUT2D eigenvalue weighted by Gasteiger charge is 2.15. The maximum absolute atomic E-state index is 10.5. The first-order valence-corrected chi connectivity index (χ1v) is 3.84. The van der Waals surface area contributed by atoms with E-state index in [2.05, 4.69) is 10.2 Å². The summed E-state index contributed by atoms with van der Waals surface area (Å²) in [6.45, 7) is 0. The quantitative estimate of drug-likeness (QED) is 0.562. The predicted octanol–water partition coefficient (Wildman–Crippen LogP) is 2.12. The van der Waals surface area contributed by atoms with E-state index in [1.54, 1.807) is 12.3 Å². The number of aromatic amines is 1. The maximum atomic E-state index is 10.5. The van der Waals surface area contributed by atoms with Crippen molar-refractivity contribution < 1.29 is 4.92 Å². The van der Waals surface area contributed by atoms with Crippen LogP contribution in [0.5, 0.6) is 0 Å². The number of nitrogens with one attached hydrogen (secondary N) is 1. The molecule has 0 unspecified atom stereocenters. The van der Waals surface area contributed by atoms with Gasteiger partial charge in [0.25, 0.3) is 5.69 Å². The zero-order valence-corrected chi connectivity index (χ0v) is 7.08. The summed E-state index contributed by atoms with van der Waals surface area (Å²) in [6, 6.07) is 2.96. The van der Waals surface area contributed by atoms with Crippen molar-refractivity contribution in [1.29, 1.82) is 0 Å². The molecule has 0 radical (unpaired) electrons. The topological polar surface area (TPSA) is 71.8 Å². The number of H-pyrrole nitrogens is 1. The molecule has 1 aromatic heterocycles. The fourth-order valence-electron chi connectivity index (χ4n) is 1.11. The van der Waals surface area contributed by atoms with Crippen molar-refractivity contribution in [2.75, 3.05) is 0 Å². The summed E-state index contributed by atoms with van der Waals surface area (Å²) in [5.74, 6) is 0. The third-order valence-corrected chi connectivity index (χ3v) is 2.11.